The molecule has 252 valence electrons. The van der Waals surface area contributed by atoms with Crippen molar-refractivity contribution in [2.45, 2.75) is 76.9 Å². The largest absolute Gasteiger partial charge is 0.405 e. The molecule has 2 aliphatic heterocycles. The van der Waals surface area contributed by atoms with Crippen LogP contribution in [0.1, 0.15) is 85.3 Å². The minimum atomic E-state index is -4.49. The number of carbonyl (C=O) groups is 2. The molecule has 0 bridgehead atoms. The van der Waals surface area contributed by atoms with E-state index < -0.39 is 24.0 Å². The van der Waals surface area contributed by atoms with Crippen LogP contribution in [0.3, 0.4) is 0 Å². The van der Waals surface area contributed by atoms with E-state index in [1.54, 1.807) is 6.92 Å². The summed E-state index contributed by atoms with van der Waals surface area (Å²) in [6.07, 6.45) is 3.89. The molecule has 3 heterocycles. The molecule has 1 fully saturated rings. The van der Waals surface area contributed by atoms with E-state index in [-0.39, 0.29) is 17.9 Å². The SMILES string of the molecule is CC1=C(c2onc(C)c2C(=O)NC2CCN(CCCCC3(C(=O)NCC(F)(F)F)C4=C(C=CCC4C)c4ccccc43)CC2)SNN1. The molecule has 1 saturated heterocycles. The van der Waals surface area contributed by atoms with Gasteiger partial charge in [-0.15, -0.1) is 0 Å². The minimum Gasteiger partial charge on any atom is -0.354 e. The molecule has 9 nitrogen and oxygen atoms in total. The van der Waals surface area contributed by atoms with Crippen molar-refractivity contribution in [2.75, 3.05) is 26.2 Å². The zero-order chi connectivity index (χ0) is 33.3. The van der Waals surface area contributed by atoms with Gasteiger partial charge in [-0.05, 0) is 92.6 Å². The summed E-state index contributed by atoms with van der Waals surface area (Å²) in [7, 11) is 0. The number of carbonyl (C=O) groups excluding carboxylic acids is 2. The number of nitrogens with one attached hydrogen (secondary N) is 4. The first-order valence-corrected chi connectivity index (χ1v) is 17.1. The van der Waals surface area contributed by atoms with E-state index in [0.29, 0.717) is 29.9 Å². The first-order valence-electron chi connectivity index (χ1n) is 16.2. The summed E-state index contributed by atoms with van der Waals surface area (Å²) in [5, 5.41) is 9.47. The number of aryl methyl sites for hydroxylation is 1. The average Bonchev–Trinajstić information content (AvgIpc) is 3.73. The Kier molecular flexibility index (Phi) is 9.59. The summed E-state index contributed by atoms with van der Waals surface area (Å²) in [5.74, 6) is -0.273. The van der Waals surface area contributed by atoms with Gasteiger partial charge in [-0.2, -0.15) is 18.0 Å². The summed E-state index contributed by atoms with van der Waals surface area (Å²) in [4.78, 5) is 33.3. The number of alkyl halides is 3. The molecular weight excluding hydrogens is 629 g/mol. The van der Waals surface area contributed by atoms with Crippen molar-refractivity contribution in [1.82, 2.24) is 30.9 Å². The number of hydrogen-bond acceptors (Lipinski definition) is 8. The van der Waals surface area contributed by atoms with Crippen LogP contribution in [0.2, 0.25) is 0 Å². The lowest BCUT2D eigenvalue weighted by Gasteiger charge is -2.37. The summed E-state index contributed by atoms with van der Waals surface area (Å²) in [5.41, 5.74) is 7.38. The van der Waals surface area contributed by atoms with Gasteiger partial charge in [0.25, 0.3) is 5.91 Å². The molecular formula is C34H41F3N6O3S. The Balaban J connectivity index is 1.07. The number of hydrogen-bond donors (Lipinski definition) is 4. The molecule has 1 aromatic carbocycles. The topological polar surface area (TPSA) is 112 Å². The molecule has 0 spiro atoms. The smallest absolute Gasteiger partial charge is 0.354 e. The highest BCUT2D eigenvalue weighted by molar-refractivity contribution is 8.06. The lowest BCUT2D eigenvalue weighted by Crippen LogP contribution is -2.49. The molecule has 4 aliphatic rings. The molecule has 2 amide bonds. The number of allylic oxidation sites excluding steroid dienone is 4. The molecule has 6 rings (SSSR count). The third kappa shape index (κ3) is 6.62. The zero-order valence-electron chi connectivity index (χ0n) is 26.9. The van der Waals surface area contributed by atoms with Gasteiger partial charge in [-0.25, -0.2) is 0 Å². The number of amides is 2. The molecule has 1 aromatic heterocycles. The Morgan fingerprint density at radius 1 is 1.17 bits per heavy atom. The van der Waals surface area contributed by atoms with Crippen LogP contribution in [0, 0.1) is 12.8 Å². The Morgan fingerprint density at radius 3 is 2.66 bits per heavy atom. The van der Waals surface area contributed by atoms with Gasteiger partial charge < -0.3 is 25.5 Å². The highest BCUT2D eigenvalue weighted by atomic mass is 32.2. The van der Waals surface area contributed by atoms with Gasteiger partial charge in [0, 0.05) is 24.8 Å². The van der Waals surface area contributed by atoms with Crippen molar-refractivity contribution < 1.29 is 27.3 Å². The maximum absolute atomic E-state index is 13.9. The Labute approximate surface area is 276 Å². The maximum atomic E-state index is 13.9. The third-order valence-electron chi connectivity index (χ3n) is 9.76. The fourth-order valence-corrected chi connectivity index (χ4v) is 8.26. The van der Waals surface area contributed by atoms with Gasteiger partial charge in [-0.3, -0.25) is 9.59 Å². The van der Waals surface area contributed by atoms with E-state index in [2.05, 4.69) is 43.9 Å². The number of nitrogens with zero attached hydrogens (tertiary/aromatic N) is 2. The fraction of sp³-hybridized carbons (Fsp3) is 0.500. The van der Waals surface area contributed by atoms with E-state index in [4.69, 9.17) is 4.52 Å². The van der Waals surface area contributed by atoms with Gasteiger partial charge in [0.05, 0.1) is 16.0 Å². The van der Waals surface area contributed by atoms with Crippen LogP contribution < -0.4 is 20.9 Å². The molecule has 2 atom stereocenters. The number of aromatic nitrogens is 1. The third-order valence-corrected chi connectivity index (χ3v) is 10.7. The first-order chi connectivity index (χ1) is 22.5. The molecule has 13 heteroatoms. The van der Waals surface area contributed by atoms with Gasteiger partial charge in [0.2, 0.25) is 5.91 Å². The number of piperidine rings is 1. The Hall–Kier alpha value is -3.55. The second-order valence-electron chi connectivity index (χ2n) is 12.9. The van der Waals surface area contributed by atoms with E-state index >= 15 is 0 Å². The second kappa shape index (κ2) is 13.5. The van der Waals surface area contributed by atoms with Crippen molar-refractivity contribution >= 4 is 34.2 Å². The number of rotatable bonds is 10. The molecule has 2 aliphatic carbocycles. The van der Waals surface area contributed by atoms with Crippen molar-refractivity contribution in [3.05, 3.63) is 75.8 Å². The van der Waals surface area contributed by atoms with E-state index in [1.165, 1.54) is 11.9 Å². The number of hydrazine groups is 1. The predicted molar refractivity (Wildman–Crippen MR) is 176 cm³/mol. The summed E-state index contributed by atoms with van der Waals surface area (Å²) < 4.78 is 45.3. The highest BCUT2D eigenvalue weighted by Crippen LogP contribution is 2.54. The van der Waals surface area contributed by atoms with Gasteiger partial charge in [0.1, 0.15) is 12.1 Å². The minimum absolute atomic E-state index is 0.0187. The fourth-order valence-electron chi connectivity index (χ4n) is 7.52. The monoisotopic (exact) mass is 670 g/mol. The highest BCUT2D eigenvalue weighted by Gasteiger charge is 2.52. The summed E-state index contributed by atoms with van der Waals surface area (Å²) in [6, 6.07) is 7.68. The standard InChI is InChI=1S/C34H41F3N6O3S/c1-20-9-8-11-25-24-10-4-5-12-26(24)33(28(20)25,32(45)38-19-34(35,36)37)15-6-7-16-43-17-13-23(14-18-43)39-31(44)27-21(2)41-46-29(27)30-22(3)40-42-47-30/h4-5,8,10-12,20,23,40,42H,6-7,9,13-19H2,1-3H3,(H,38,45)(H,39,44). The first kappa shape index (κ1) is 33.4. The molecule has 0 radical (unpaired) electrons. The lowest BCUT2D eigenvalue weighted by molar-refractivity contribution is -0.141. The predicted octanol–water partition coefficient (Wildman–Crippen LogP) is 5.77. The normalized spacial score (nSPS) is 23.1. The number of unbranched alkanes of at least 4 members (excludes halogenated alkanes) is 1. The van der Waals surface area contributed by atoms with Crippen molar-refractivity contribution in [3.63, 3.8) is 0 Å². The molecule has 47 heavy (non-hydrogen) atoms. The van der Waals surface area contributed by atoms with Crippen LogP contribution in [0.5, 0.6) is 0 Å². The van der Waals surface area contributed by atoms with Crippen LogP contribution in [0.15, 0.2) is 52.2 Å². The van der Waals surface area contributed by atoms with E-state index in [1.807, 2.05) is 37.3 Å². The Morgan fingerprint density at radius 2 is 1.94 bits per heavy atom. The van der Waals surface area contributed by atoms with E-state index in [0.717, 1.165) is 78.2 Å². The van der Waals surface area contributed by atoms with E-state index in [9.17, 15) is 22.8 Å². The second-order valence-corrected chi connectivity index (χ2v) is 13.7. The maximum Gasteiger partial charge on any atom is 0.405 e. The molecule has 0 saturated carbocycles. The van der Waals surface area contributed by atoms with Gasteiger partial charge >= 0.3 is 6.18 Å². The van der Waals surface area contributed by atoms with Crippen LogP contribution in [-0.4, -0.2) is 60.3 Å². The van der Waals surface area contributed by atoms with Gasteiger partial charge in [-0.1, -0.05) is 54.9 Å². The Bertz CT molecular complexity index is 1620. The quantitative estimate of drug-likeness (QED) is 0.186. The molecule has 2 unspecified atom stereocenters. The van der Waals surface area contributed by atoms with Crippen molar-refractivity contribution in [3.8, 4) is 0 Å². The van der Waals surface area contributed by atoms with Crippen LogP contribution >= 0.6 is 11.9 Å². The molecule has 4 N–H and O–H groups in total. The number of halogens is 3. The van der Waals surface area contributed by atoms with Crippen LogP contribution in [-0.2, 0) is 10.2 Å². The van der Waals surface area contributed by atoms with Gasteiger partial charge in [0.15, 0.2) is 5.76 Å². The molecule has 2 aromatic rings. The van der Waals surface area contributed by atoms with Crippen molar-refractivity contribution in [1.29, 1.82) is 0 Å². The van der Waals surface area contributed by atoms with Crippen molar-refractivity contribution in [2.24, 2.45) is 5.92 Å². The number of benzene rings is 1. The van der Waals surface area contributed by atoms with Crippen LogP contribution in [0.4, 0.5) is 13.2 Å². The number of fused-ring (bicyclic) bond motifs is 2. The van der Waals surface area contributed by atoms with Crippen LogP contribution in [0.25, 0.3) is 10.5 Å². The summed E-state index contributed by atoms with van der Waals surface area (Å²) >= 11 is 1.34. The average molecular weight is 671 g/mol. The summed E-state index contributed by atoms with van der Waals surface area (Å²) in [6.45, 7) is 6.80. The number of likely N-dealkylation sites (tertiary alicyclic amines) is 1. The lowest BCUT2D eigenvalue weighted by atomic mass is 9.67. The zero-order valence-corrected chi connectivity index (χ0v) is 27.7.